The third-order valence-electron chi connectivity index (χ3n) is 6.46. The van der Waals surface area contributed by atoms with Crippen LogP contribution in [0.2, 0.25) is 5.02 Å². The molecule has 32 heavy (non-hydrogen) atoms. The molecule has 2 aliphatic rings. The molecule has 3 aromatic rings. The Morgan fingerprint density at radius 3 is 2.56 bits per heavy atom. The minimum absolute atomic E-state index is 0.0365. The van der Waals surface area contributed by atoms with Crippen LogP contribution in [0.3, 0.4) is 0 Å². The number of hydrogen-bond donors (Lipinski definition) is 2. The molecule has 0 spiro atoms. The molecule has 2 heterocycles. The summed E-state index contributed by atoms with van der Waals surface area (Å²) in [6, 6.07) is 14.8. The molecule has 1 atom stereocenters. The van der Waals surface area contributed by atoms with Crippen molar-refractivity contribution in [1.29, 1.82) is 0 Å². The Hall–Kier alpha value is -2.83. The highest BCUT2D eigenvalue weighted by Gasteiger charge is 2.38. The van der Waals surface area contributed by atoms with Crippen LogP contribution in [0.4, 0.5) is 16.0 Å². The Kier molecular flexibility index (Phi) is 5.89. The summed E-state index contributed by atoms with van der Waals surface area (Å²) >= 11 is 6.55. The number of nitrogens with two attached hydrogens (primary N) is 1. The molecule has 5 nitrogen and oxygen atoms in total. The van der Waals surface area contributed by atoms with Gasteiger partial charge in [-0.2, -0.15) is 0 Å². The molecule has 1 saturated carbocycles. The number of fused-ring (bicyclic) bond motifs is 1. The Balaban J connectivity index is 1.47. The second-order valence-corrected chi connectivity index (χ2v) is 8.95. The maximum Gasteiger partial charge on any atom is 0.223 e. The van der Waals surface area contributed by atoms with Crippen molar-refractivity contribution in [2.75, 3.05) is 5.32 Å². The van der Waals surface area contributed by atoms with Crippen molar-refractivity contribution in [2.24, 2.45) is 16.6 Å². The fraction of sp³-hybridized carbons (Fsp3) is 0.320. The van der Waals surface area contributed by atoms with Crippen LogP contribution >= 0.6 is 11.6 Å². The zero-order chi connectivity index (χ0) is 22.1. The van der Waals surface area contributed by atoms with E-state index in [9.17, 15) is 4.39 Å². The minimum atomic E-state index is -0.248. The van der Waals surface area contributed by atoms with Crippen molar-refractivity contribution in [3.05, 3.63) is 82.4 Å². The molecular weight excluding hydrogens is 425 g/mol. The molecule has 1 fully saturated rings. The molecule has 7 heteroatoms. The van der Waals surface area contributed by atoms with Gasteiger partial charge < -0.3 is 11.1 Å². The van der Waals surface area contributed by atoms with Crippen LogP contribution in [0.1, 0.15) is 48.4 Å². The van der Waals surface area contributed by atoms with Gasteiger partial charge in [0.1, 0.15) is 11.5 Å². The monoisotopic (exact) mass is 449 g/mol. The summed E-state index contributed by atoms with van der Waals surface area (Å²) in [5.74, 6) is 0.650. The van der Waals surface area contributed by atoms with Crippen LogP contribution in [-0.4, -0.2) is 21.7 Å². The molecule has 0 bridgehead atoms. The van der Waals surface area contributed by atoms with Crippen molar-refractivity contribution in [3.63, 3.8) is 0 Å². The van der Waals surface area contributed by atoms with Gasteiger partial charge in [-0.25, -0.2) is 19.4 Å². The SMILES string of the molecule is NC1CCC([C@@H]2C(c3ccccc3Cl)=Nc3cnc(NCc4ccccc4F)nc32)CC1. The van der Waals surface area contributed by atoms with Gasteiger partial charge in [0.2, 0.25) is 5.95 Å². The predicted octanol–water partition coefficient (Wildman–Crippen LogP) is 5.62. The van der Waals surface area contributed by atoms with E-state index in [4.69, 9.17) is 27.3 Å². The van der Waals surface area contributed by atoms with E-state index < -0.39 is 0 Å². The van der Waals surface area contributed by atoms with Gasteiger partial charge in [0.25, 0.3) is 0 Å². The highest BCUT2D eigenvalue weighted by molar-refractivity contribution is 6.35. The average molecular weight is 450 g/mol. The van der Waals surface area contributed by atoms with Crippen molar-refractivity contribution in [1.82, 2.24) is 9.97 Å². The fourth-order valence-corrected chi connectivity index (χ4v) is 4.99. The maximum absolute atomic E-state index is 14.0. The topological polar surface area (TPSA) is 76.2 Å². The number of rotatable bonds is 5. The third kappa shape index (κ3) is 4.12. The Morgan fingerprint density at radius 2 is 1.78 bits per heavy atom. The van der Waals surface area contributed by atoms with E-state index in [1.165, 1.54) is 6.07 Å². The smallest absolute Gasteiger partial charge is 0.223 e. The van der Waals surface area contributed by atoms with Gasteiger partial charge in [0.15, 0.2) is 0 Å². The lowest BCUT2D eigenvalue weighted by molar-refractivity contribution is 0.312. The first kappa shape index (κ1) is 21.0. The maximum atomic E-state index is 14.0. The molecule has 0 unspecified atom stereocenters. The quantitative estimate of drug-likeness (QED) is 0.530. The van der Waals surface area contributed by atoms with Crippen LogP contribution in [0.15, 0.2) is 59.7 Å². The lowest BCUT2D eigenvalue weighted by Crippen LogP contribution is -2.31. The van der Waals surface area contributed by atoms with Crippen LogP contribution in [0.25, 0.3) is 0 Å². The van der Waals surface area contributed by atoms with E-state index in [0.717, 1.165) is 48.3 Å². The lowest BCUT2D eigenvalue weighted by atomic mass is 9.74. The molecule has 5 rings (SSSR count). The Labute approximate surface area is 192 Å². The summed E-state index contributed by atoms with van der Waals surface area (Å²) in [5, 5.41) is 3.85. The fourth-order valence-electron chi connectivity index (χ4n) is 4.76. The molecule has 0 saturated heterocycles. The number of benzene rings is 2. The van der Waals surface area contributed by atoms with E-state index in [0.29, 0.717) is 29.0 Å². The first-order valence-electron chi connectivity index (χ1n) is 11.0. The second-order valence-electron chi connectivity index (χ2n) is 8.54. The number of aromatic nitrogens is 2. The van der Waals surface area contributed by atoms with E-state index in [1.807, 2.05) is 30.3 Å². The molecule has 0 radical (unpaired) electrons. The van der Waals surface area contributed by atoms with E-state index >= 15 is 0 Å². The standard InChI is InChI=1S/C25H25ClFN5/c26-19-7-3-2-6-18(19)23-22(15-9-11-17(28)12-10-15)24-21(31-23)14-30-25(32-24)29-13-16-5-1-4-8-20(16)27/h1-8,14-15,17,22H,9-13,28H2,(H,29,30,32)/t15?,17?,22-/m1/s1. The Morgan fingerprint density at radius 1 is 1.03 bits per heavy atom. The molecule has 1 aliphatic carbocycles. The largest absolute Gasteiger partial charge is 0.350 e. The number of halogens is 2. The molecule has 2 aromatic carbocycles. The first-order chi connectivity index (χ1) is 15.6. The molecule has 1 aliphatic heterocycles. The summed E-state index contributed by atoms with van der Waals surface area (Å²) in [7, 11) is 0. The van der Waals surface area contributed by atoms with Crippen LogP contribution < -0.4 is 11.1 Å². The zero-order valence-corrected chi connectivity index (χ0v) is 18.4. The molecular formula is C25H25ClFN5. The van der Waals surface area contributed by atoms with Gasteiger partial charge in [0, 0.05) is 34.7 Å². The molecule has 164 valence electrons. The third-order valence-corrected chi connectivity index (χ3v) is 6.79. The number of nitrogens with zero attached hydrogens (tertiary/aromatic N) is 3. The van der Waals surface area contributed by atoms with Gasteiger partial charge in [0.05, 0.1) is 17.6 Å². The number of anilines is 1. The number of hydrogen-bond acceptors (Lipinski definition) is 5. The van der Waals surface area contributed by atoms with Gasteiger partial charge in [-0.3, -0.25) is 0 Å². The first-order valence-corrected chi connectivity index (χ1v) is 11.4. The highest BCUT2D eigenvalue weighted by atomic mass is 35.5. The van der Waals surface area contributed by atoms with Gasteiger partial charge >= 0.3 is 0 Å². The lowest BCUT2D eigenvalue weighted by Gasteiger charge is -2.31. The molecule has 0 amide bonds. The minimum Gasteiger partial charge on any atom is -0.350 e. The van der Waals surface area contributed by atoms with Gasteiger partial charge in [-0.1, -0.05) is 48.0 Å². The summed E-state index contributed by atoms with van der Waals surface area (Å²) in [6.45, 7) is 0.312. The predicted molar refractivity (Wildman–Crippen MR) is 126 cm³/mol. The highest BCUT2D eigenvalue weighted by Crippen LogP contribution is 2.46. The summed E-state index contributed by atoms with van der Waals surface area (Å²) < 4.78 is 14.0. The average Bonchev–Trinajstić information content (AvgIpc) is 3.18. The van der Waals surface area contributed by atoms with E-state index in [-0.39, 0.29) is 17.8 Å². The summed E-state index contributed by atoms with van der Waals surface area (Å²) in [6.07, 6.45) is 5.79. The Bertz CT molecular complexity index is 1160. The van der Waals surface area contributed by atoms with Crippen LogP contribution in [0.5, 0.6) is 0 Å². The number of aliphatic imine (C=N–C) groups is 1. The van der Waals surface area contributed by atoms with Gasteiger partial charge in [-0.05, 0) is 43.7 Å². The second kappa shape index (κ2) is 8.96. The molecule has 3 N–H and O–H groups in total. The van der Waals surface area contributed by atoms with E-state index in [2.05, 4.69) is 10.3 Å². The normalized spacial score (nSPS) is 22.3. The van der Waals surface area contributed by atoms with Crippen LogP contribution in [0, 0.1) is 11.7 Å². The van der Waals surface area contributed by atoms with Crippen molar-refractivity contribution in [3.8, 4) is 0 Å². The zero-order valence-electron chi connectivity index (χ0n) is 17.6. The summed E-state index contributed by atoms with van der Waals surface area (Å²) in [4.78, 5) is 14.2. The van der Waals surface area contributed by atoms with Crippen molar-refractivity contribution in [2.45, 2.75) is 44.2 Å². The van der Waals surface area contributed by atoms with Gasteiger partial charge in [-0.15, -0.1) is 0 Å². The van der Waals surface area contributed by atoms with Crippen molar-refractivity contribution < 1.29 is 4.39 Å². The summed E-state index contributed by atoms with van der Waals surface area (Å²) in [5.41, 5.74) is 10.3. The number of nitrogens with one attached hydrogen (secondary N) is 1. The van der Waals surface area contributed by atoms with E-state index in [1.54, 1.807) is 18.3 Å². The van der Waals surface area contributed by atoms with Crippen LogP contribution in [-0.2, 0) is 6.54 Å². The van der Waals surface area contributed by atoms with Crippen molar-refractivity contribution >= 4 is 28.9 Å². The molecule has 1 aromatic heterocycles.